The number of amides is 2. The van der Waals surface area contributed by atoms with Crippen molar-refractivity contribution in [1.82, 2.24) is 9.97 Å². The molecule has 3 aromatic rings. The predicted molar refractivity (Wildman–Crippen MR) is 117 cm³/mol. The van der Waals surface area contributed by atoms with E-state index >= 15 is 0 Å². The van der Waals surface area contributed by atoms with Crippen molar-refractivity contribution in [1.29, 1.82) is 0 Å². The van der Waals surface area contributed by atoms with Crippen LogP contribution < -0.4 is 19.9 Å². The fraction of sp³-hybridized carbons (Fsp3) is 0.190. The van der Waals surface area contributed by atoms with Gasteiger partial charge in [0.15, 0.2) is 5.82 Å². The standard InChI is InChI=1S/C21H17BrF3N5O2/c1-32-17-7-5-15(6-8-17)29-11-13-10-26-19(27-12-21(23,24)25)28-18(13)30(20(29)31)16-4-2-3-14(22)9-16/h2-10H,11-12H2,1H3,(H,26,27,28). The average molecular weight is 508 g/mol. The van der Waals surface area contributed by atoms with Crippen molar-refractivity contribution in [3.8, 4) is 5.75 Å². The molecule has 11 heteroatoms. The normalized spacial score (nSPS) is 13.7. The number of hydrogen-bond acceptors (Lipinski definition) is 5. The summed E-state index contributed by atoms with van der Waals surface area (Å²) in [6.45, 7) is -1.13. The number of urea groups is 1. The number of alkyl halides is 3. The largest absolute Gasteiger partial charge is 0.497 e. The molecule has 1 aromatic heterocycles. The van der Waals surface area contributed by atoms with Gasteiger partial charge in [-0.25, -0.2) is 14.7 Å². The number of anilines is 4. The van der Waals surface area contributed by atoms with E-state index in [1.165, 1.54) is 16.0 Å². The molecule has 0 fully saturated rings. The molecule has 2 amide bonds. The summed E-state index contributed by atoms with van der Waals surface area (Å²) in [7, 11) is 1.55. The van der Waals surface area contributed by atoms with Crippen LogP contribution >= 0.6 is 15.9 Å². The Balaban J connectivity index is 1.76. The number of halogens is 4. The maximum absolute atomic E-state index is 13.5. The maximum atomic E-state index is 13.5. The molecule has 0 aliphatic carbocycles. The topological polar surface area (TPSA) is 70.6 Å². The summed E-state index contributed by atoms with van der Waals surface area (Å²) in [6, 6.07) is 13.6. The average Bonchev–Trinajstić information content (AvgIpc) is 2.77. The molecule has 0 saturated carbocycles. The SMILES string of the molecule is COc1ccc(N2Cc3cnc(NCC(F)(F)F)nc3N(c3cccc(Br)c3)C2=O)cc1. The van der Waals surface area contributed by atoms with Gasteiger partial charge in [0.2, 0.25) is 5.95 Å². The summed E-state index contributed by atoms with van der Waals surface area (Å²) in [5, 5.41) is 2.17. The first kappa shape index (κ1) is 21.9. The Morgan fingerprint density at radius 2 is 1.91 bits per heavy atom. The number of carbonyl (C=O) groups excluding carboxylic acids is 1. The molecule has 0 atom stereocenters. The van der Waals surface area contributed by atoms with Crippen molar-refractivity contribution in [2.24, 2.45) is 0 Å². The van der Waals surface area contributed by atoms with Crippen molar-refractivity contribution in [2.75, 3.05) is 28.8 Å². The highest BCUT2D eigenvalue weighted by atomic mass is 79.9. The van der Waals surface area contributed by atoms with Crippen LogP contribution in [0.25, 0.3) is 0 Å². The Labute approximate surface area is 190 Å². The lowest BCUT2D eigenvalue weighted by atomic mass is 10.1. The summed E-state index contributed by atoms with van der Waals surface area (Å²) in [4.78, 5) is 24.7. The highest BCUT2D eigenvalue weighted by Gasteiger charge is 2.35. The Bertz CT molecular complexity index is 1140. The van der Waals surface area contributed by atoms with Gasteiger partial charge in [0.05, 0.1) is 19.3 Å². The fourth-order valence-electron chi connectivity index (χ4n) is 3.23. The molecule has 0 bridgehead atoms. The van der Waals surface area contributed by atoms with Gasteiger partial charge in [-0.3, -0.25) is 4.90 Å². The molecule has 7 nitrogen and oxygen atoms in total. The minimum atomic E-state index is -4.43. The van der Waals surface area contributed by atoms with Gasteiger partial charge >= 0.3 is 12.2 Å². The van der Waals surface area contributed by atoms with Gasteiger partial charge in [-0.15, -0.1) is 0 Å². The smallest absolute Gasteiger partial charge is 0.405 e. The second kappa shape index (κ2) is 8.65. The van der Waals surface area contributed by atoms with Gasteiger partial charge in [-0.2, -0.15) is 18.2 Å². The molecule has 1 aliphatic rings. The van der Waals surface area contributed by atoms with Crippen molar-refractivity contribution in [3.63, 3.8) is 0 Å². The van der Waals surface area contributed by atoms with E-state index in [1.54, 1.807) is 55.6 Å². The molecule has 0 spiro atoms. The van der Waals surface area contributed by atoms with Gasteiger partial charge in [0.25, 0.3) is 0 Å². The molecule has 1 aliphatic heterocycles. The monoisotopic (exact) mass is 507 g/mol. The third kappa shape index (κ3) is 4.62. The first-order chi connectivity index (χ1) is 15.2. The van der Waals surface area contributed by atoms with Gasteiger partial charge in [0.1, 0.15) is 12.3 Å². The number of benzene rings is 2. The summed E-state index contributed by atoms with van der Waals surface area (Å²) < 4.78 is 43.8. The van der Waals surface area contributed by atoms with Crippen LogP contribution in [0.1, 0.15) is 5.56 Å². The second-order valence-corrected chi connectivity index (χ2v) is 7.81. The van der Waals surface area contributed by atoms with Gasteiger partial charge in [-0.1, -0.05) is 22.0 Å². The quantitative estimate of drug-likeness (QED) is 0.493. The van der Waals surface area contributed by atoms with Crippen LogP contribution in [0.2, 0.25) is 0 Å². The van der Waals surface area contributed by atoms with Crippen molar-refractivity contribution in [2.45, 2.75) is 12.7 Å². The van der Waals surface area contributed by atoms with E-state index in [2.05, 4.69) is 31.2 Å². The highest BCUT2D eigenvalue weighted by Crippen LogP contribution is 2.37. The summed E-state index contributed by atoms with van der Waals surface area (Å²) in [5.74, 6) is 0.649. The van der Waals surface area contributed by atoms with Crippen molar-refractivity contribution in [3.05, 3.63) is 64.8 Å². The predicted octanol–water partition coefficient (Wildman–Crippen LogP) is 5.50. The van der Waals surface area contributed by atoms with Crippen LogP contribution in [0.5, 0.6) is 5.75 Å². The van der Waals surface area contributed by atoms with Crippen LogP contribution in [-0.2, 0) is 6.54 Å². The Morgan fingerprint density at radius 3 is 2.56 bits per heavy atom. The maximum Gasteiger partial charge on any atom is 0.405 e. The number of ether oxygens (including phenoxy) is 1. The lowest BCUT2D eigenvalue weighted by Crippen LogP contribution is -2.45. The van der Waals surface area contributed by atoms with Crippen LogP contribution in [0.4, 0.5) is 41.1 Å². The van der Waals surface area contributed by atoms with Crippen LogP contribution in [0, 0.1) is 0 Å². The molecular formula is C21H17BrF3N5O2. The Hall–Kier alpha value is -3.34. The molecular weight excluding hydrogens is 491 g/mol. The molecule has 32 heavy (non-hydrogen) atoms. The molecule has 0 unspecified atom stereocenters. The molecule has 166 valence electrons. The van der Waals surface area contributed by atoms with Crippen LogP contribution in [-0.4, -0.2) is 35.8 Å². The number of hydrogen-bond donors (Lipinski definition) is 1. The molecule has 2 aromatic carbocycles. The molecule has 1 N–H and O–H groups in total. The first-order valence-corrected chi connectivity index (χ1v) is 10.2. The molecule has 0 saturated heterocycles. The van der Waals surface area contributed by atoms with E-state index in [1.807, 2.05) is 0 Å². The number of carbonyl (C=O) groups is 1. The molecule has 2 heterocycles. The third-order valence-corrected chi connectivity index (χ3v) is 5.19. The fourth-order valence-corrected chi connectivity index (χ4v) is 3.62. The van der Waals surface area contributed by atoms with Crippen molar-refractivity contribution >= 4 is 45.1 Å². The first-order valence-electron chi connectivity index (χ1n) is 9.43. The Morgan fingerprint density at radius 1 is 1.16 bits per heavy atom. The lowest BCUT2D eigenvalue weighted by molar-refractivity contribution is -0.115. The number of fused-ring (bicyclic) bond motifs is 1. The minimum absolute atomic E-state index is 0.157. The number of rotatable bonds is 5. The molecule has 0 radical (unpaired) electrons. The minimum Gasteiger partial charge on any atom is -0.497 e. The van der Waals surface area contributed by atoms with E-state index in [0.29, 0.717) is 22.7 Å². The zero-order chi connectivity index (χ0) is 22.9. The third-order valence-electron chi connectivity index (χ3n) is 4.70. The van der Waals surface area contributed by atoms with Crippen molar-refractivity contribution < 1.29 is 22.7 Å². The van der Waals surface area contributed by atoms with E-state index in [9.17, 15) is 18.0 Å². The van der Waals surface area contributed by atoms with Crippen LogP contribution in [0.3, 0.4) is 0 Å². The summed E-state index contributed by atoms with van der Waals surface area (Å²) >= 11 is 3.39. The van der Waals surface area contributed by atoms with E-state index < -0.39 is 18.8 Å². The van der Waals surface area contributed by atoms with E-state index in [0.717, 1.165) is 4.47 Å². The van der Waals surface area contributed by atoms with Gasteiger partial charge in [0, 0.05) is 21.9 Å². The zero-order valence-corrected chi connectivity index (χ0v) is 18.3. The van der Waals surface area contributed by atoms with E-state index in [4.69, 9.17) is 4.74 Å². The number of nitrogens with one attached hydrogen (secondary N) is 1. The number of methoxy groups -OCH3 is 1. The zero-order valence-electron chi connectivity index (χ0n) is 16.7. The second-order valence-electron chi connectivity index (χ2n) is 6.89. The summed E-state index contributed by atoms with van der Waals surface area (Å²) in [6.07, 6.45) is -3.00. The molecule has 4 rings (SSSR count). The highest BCUT2D eigenvalue weighted by molar-refractivity contribution is 9.10. The van der Waals surface area contributed by atoms with Gasteiger partial charge in [-0.05, 0) is 42.5 Å². The number of nitrogens with zero attached hydrogens (tertiary/aromatic N) is 4. The van der Waals surface area contributed by atoms with E-state index in [-0.39, 0.29) is 18.3 Å². The van der Waals surface area contributed by atoms with Gasteiger partial charge < -0.3 is 10.1 Å². The number of aromatic nitrogens is 2. The summed E-state index contributed by atoms with van der Waals surface area (Å²) in [5.41, 5.74) is 1.71. The van der Waals surface area contributed by atoms with Crippen LogP contribution in [0.15, 0.2) is 59.2 Å². The lowest BCUT2D eigenvalue weighted by Gasteiger charge is -2.36. The Kier molecular flexibility index (Phi) is 5.92.